The minimum absolute atomic E-state index is 0.0354. The van der Waals surface area contributed by atoms with E-state index in [1.165, 1.54) is 28.8 Å². The lowest BCUT2D eigenvalue weighted by Crippen LogP contribution is -2.24. The van der Waals surface area contributed by atoms with Crippen LogP contribution in [0.5, 0.6) is 11.5 Å². The van der Waals surface area contributed by atoms with Gasteiger partial charge in [-0.25, -0.2) is 9.37 Å². The normalized spacial score (nSPS) is 13.2. The molecule has 0 unspecified atom stereocenters. The lowest BCUT2D eigenvalue weighted by atomic mass is 9.79. The fourth-order valence-electron chi connectivity index (χ4n) is 9.25. The average molecular weight is 869 g/mol. The molecule has 0 bridgehead atoms. The van der Waals surface area contributed by atoms with Crippen molar-refractivity contribution in [1.29, 1.82) is 0 Å². The summed E-state index contributed by atoms with van der Waals surface area (Å²) in [5.41, 5.74) is 14.2. The molecule has 330 valence electrons. The number of hydrogen-bond acceptors (Lipinski definition) is 4. The molecule has 3 heterocycles. The molecule has 7 aromatic carbocycles. The summed E-state index contributed by atoms with van der Waals surface area (Å²) in [6.07, 6.45) is 1.92. The number of hydrogen-bond donors (Lipinski definition) is 0. The Hall–Kier alpha value is -7.18. The van der Waals surface area contributed by atoms with Crippen LogP contribution in [0.15, 0.2) is 170 Å². The number of fused-ring (bicyclic) bond motifs is 4. The number of aromatic nitrogens is 2. The number of pyridine rings is 1. The van der Waals surface area contributed by atoms with Crippen LogP contribution in [-0.2, 0) is 16.2 Å². The van der Waals surface area contributed by atoms with E-state index < -0.39 is 0 Å². The van der Waals surface area contributed by atoms with Crippen LogP contribution in [0.3, 0.4) is 0 Å². The quantitative estimate of drug-likeness (QED) is 0.160. The summed E-state index contributed by atoms with van der Waals surface area (Å²) in [6, 6.07) is 56.8. The summed E-state index contributed by atoms with van der Waals surface area (Å²) in [5, 5.41) is 2.30. The molecule has 1 aliphatic heterocycles. The zero-order valence-corrected chi connectivity index (χ0v) is 39.4. The number of para-hydroxylation sites is 4. The molecule has 0 fully saturated rings. The van der Waals surface area contributed by atoms with Crippen molar-refractivity contribution in [3.8, 4) is 39.6 Å². The molecule has 0 saturated heterocycles. The van der Waals surface area contributed by atoms with E-state index in [9.17, 15) is 4.39 Å². The second-order valence-corrected chi connectivity index (χ2v) is 20.8. The fourth-order valence-corrected chi connectivity index (χ4v) is 9.25. The SMILES string of the molecule is CC(C)(C)c1cc(-c2cc(Oc3ccc4c5ccccc5n(-c5cc(C(C)(C)C)ccn5)c4c3)cc(N3CN(c4ccccc4-c4ccc(F)cc4)c4ccccc43)c2)cc(C(C)(C)C)c1. The van der Waals surface area contributed by atoms with Gasteiger partial charge in [0.1, 0.15) is 29.8 Å². The Kier molecular flexibility index (Phi) is 10.4. The monoisotopic (exact) mass is 868 g/mol. The zero-order valence-electron chi connectivity index (χ0n) is 39.4. The molecule has 1 aliphatic rings. The van der Waals surface area contributed by atoms with Crippen LogP contribution in [0.4, 0.5) is 27.1 Å². The molecule has 9 aromatic rings. The molecule has 6 heteroatoms. The molecule has 0 spiro atoms. The number of anilines is 4. The number of halogens is 1. The maximum absolute atomic E-state index is 14.1. The van der Waals surface area contributed by atoms with Crippen LogP contribution in [0.1, 0.15) is 79.0 Å². The smallest absolute Gasteiger partial charge is 0.137 e. The van der Waals surface area contributed by atoms with Gasteiger partial charge in [-0.15, -0.1) is 0 Å². The lowest BCUT2D eigenvalue weighted by molar-refractivity contribution is 0.483. The summed E-state index contributed by atoms with van der Waals surface area (Å²) in [7, 11) is 0. The zero-order chi connectivity index (χ0) is 46.1. The number of nitrogens with zero attached hydrogens (tertiary/aromatic N) is 4. The predicted octanol–water partition coefficient (Wildman–Crippen LogP) is 16.6. The van der Waals surface area contributed by atoms with Crippen molar-refractivity contribution in [2.45, 2.75) is 78.6 Å². The third-order valence-electron chi connectivity index (χ3n) is 13.0. The molecule has 0 saturated carbocycles. The first-order valence-corrected chi connectivity index (χ1v) is 23.0. The first kappa shape index (κ1) is 42.8. The van der Waals surface area contributed by atoms with Gasteiger partial charge in [-0.2, -0.15) is 0 Å². The van der Waals surface area contributed by atoms with Gasteiger partial charge in [-0.05, 0) is 122 Å². The molecule has 0 aliphatic carbocycles. The largest absolute Gasteiger partial charge is 0.457 e. The Balaban J connectivity index is 1.13. The first-order chi connectivity index (χ1) is 31.5. The number of rotatable bonds is 7. The van der Waals surface area contributed by atoms with Crippen LogP contribution < -0.4 is 14.5 Å². The molecule has 2 aromatic heterocycles. The minimum atomic E-state index is -0.250. The van der Waals surface area contributed by atoms with Gasteiger partial charge in [0, 0.05) is 40.4 Å². The van der Waals surface area contributed by atoms with Crippen LogP contribution in [0, 0.1) is 5.82 Å². The minimum Gasteiger partial charge on any atom is -0.457 e. The van der Waals surface area contributed by atoms with E-state index in [0.29, 0.717) is 6.67 Å². The Labute approximate surface area is 388 Å². The summed E-state index contributed by atoms with van der Waals surface area (Å²) in [6.45, 7) is 21.0. The van der Waals surface area contributed by atoms with Crippen molar-refractivity contribution < 1.29 is 9.13 Å². The van der Waals surface area contributed by atoms with Crippen LogP contribution in [-0.4, -0.2) is 16.2 Å². The van der Waals surface area contributed by atoms with E-state index >= 15 is 0 Å². The van der Waals surface area contributed by atoms with E-state index in [1.807, 2.05) is 24.4 Å². The van der Waals surface area contributed by atoms with Crippen molar-refractivity contribution in [3.63, 3.8) is 0 Å². The first-order valence-electron chi connectivity index (χ1n) is 23.0. The molecule has 66 heavy (non-hydrogen) atoms. The molecule has 0 atom stereocenters. The highest BCUT2D eigenvalue weighted by Gasteiger charge is 2.31. The highest BCUT2D eigenvalue weighted by Crippen LogP contribution is 2.49. The van der Waals surface area contributed by atoms with Crippen molar-refractivity contribution in [3.05, 3.63) is 192 Å². The topological polar surface area (TPSA) is 33.5 Å². The maximum Gasteiger partial charge on any atom is 0.137 e. The Morgan fingerprint density at radius 2 is 1.08 bits per heavy atom. The molecular formula is C60H57FN4O. The van der Waals surface area contributed by atoms with E-state index in [-0.39, 0.29) is 22.1 Å². The summed E-state index contributed by atoms with van der Waals surface area (Å²) >= 11 is 0. The van der Waals surface area contributed by atoms with Gasteiger partial charge in [0.15, 0.2) is 0 Å². The van der Waals surface area contributed by atoms with Gasteiger partial charge < -0.3 is 14.5 Å². The predicted molar refractivity (Wildman–Crippen MR) is 274 cm³/mol. The van der Waals surface area contributed by atoms with Gasteiger partial charge in [0.25, 0.3) is 0 Å². The Morgan fingerprint density at radius 1 is 0.470 bits per heavy atom. The second kappa shape index (κ2) is 16.1. The lowest BCUT2D eigenvalue weighted by Gasteiger charge is -2.27. The highest BCUT2D eigenvalue weighted by molar-refractivity contribution is 6.09. The molecule has 10 rings (SSSR count). The highest BCUT2D eigenvalue weighted by atomic mass is 19.1. The van der Waals surface area contributed by atoms with E-state index in [0.717, 1.165) is 84.1 Å². The third-order valence-corrected chi connectivity index (χ3v) is 13.0. The van der Waals surface area contributed by atoms with Crippen molar-refractivity contribution >= 4 is 44.6 Å². The van der Waals surface area contributed by atoms with Crippen molar-refractivity contribution in [2.24, 2.45) is 0 Å². The standard InChI is InChI=1S/C60H57FN4O/c1-58(2,3)42-28-29-62-57(35-42)65-53-19-13-11-17-50(53)51-27-26-47(37-56(51)65)66-48-33-41(40-30-43(59(4,5)6)34-44(31-40)60(7,8)9)32-46(36-48)63-38-64(55-21-15-14-20-54(55)63)52-18-12-10-16-49(52)39-22-24-45(61)25-23-39/h10-37H,38H2,1-9H3. The van der Waals surface area contributed by atoms with Gasteiger partial charge in [-0.1, -0.05) is 141 Å². The van der Waals surface area contributed by atoms with E-state index in [1.54, 1.807) is 0 Å². The van der Waals surface area contributed by atoms with Crippen LogP contribution >= 0.6 is 0 Å². The van der Waals surface area contributed by atoms with Crippen molar-refractivity contribution in [2.75, 3.05) is 16.5 Å². The average Bonchev–Trinajstić information content (AvgIpc) is 3.84. The summed E-state index contributed by atoms with van der Waals surface area (Å²) in [5.74, 6) is 2.09. The Morgan fingerprint density at radius 3 is 1.77 bits per heavy atom. The third kappa shape index (κ3) is 7.99. The van der Waals surface area contributed by atoms with Gasteiger partial charge >= 0.3 is 0 Å². The van der Waals surface area contributed by atoms with E-state index in [4.69, 9.17) is 9.72 Å². The Bertz CT molecular complexity index is 3260. The van der Waals surface area contributed by atoms with Gasteiger partial charge in [0.05, 0.1) is 28.1 Å². The maximum atomic E-state index is 14.1. The summed E-state index contributed by atoms with van der Waals surface area (Å²) < 4.78 is 23.5. The molecule has 5 nitrogen and oxygen atoms in total. The second-order valence-electron chi connectivity index (χ2n) is 20.8. The molecular weight excluding hydrogens is 812 g/mol. The molecule has 0 radical (unpaired) electrons. The summed E-state index contributed by atoms with van der Waals surface area (Å²) in [4.78, 5) is 9.66. The van der Waals surface area contributed by atoms with Gasteiger partial charge in [-0.3, -0.25) is 4.57 Å². The fraction of sp³-hybridized carbons (Fsp3) is 0.217. The van der Waals surface area contributed by atoms with Crippen LogP contribution in [0.2, 0.25) is 0 Å². The molecule has 0 N–H and O–H groups in total. The number of benzene rings is 7. The van der Waals surface area contributed by atoms with Gasteiger partial charge in [0.2, 0.25) is 0 Å². The number of ether oxygens (including phenoxy) is 1. The van der Waals surface area contributed by atoms with Crippen LogP contribution in [0.25, 0.3) is 49.9 Å². The van der Waals surface area contributed by atoms with Crippen molar-refractivity contribution in [1.82, 2.24) is 9.55 Å². The van der Waals surface area contributed by atoms with E-state index in [2.05, 4.69) is 210 Å². The molecule has 0 amide bonds.